The maximum atomic E-state index is 13.6. The van der Waals surface area contributed by atoms with E-state index >= 15 is 0 Å². The van der Waals surface area contributed by atoms with Gasteiger partial charge in [0.15, 0.2) is 0 Å². The fourth-order valence-corrected chi connectivity index (χ4v) is 3.64. The maximum absolute atomic E-state index is 13.6. The van der Waals surface area contributed by atoms with Gasteiger partial charge in [-0.1, -0.05) is 109 Å². The van der Waals surface area contributed by atoms with E-state index in [1.807, 2.05) is 13.8 Å². The second kappa shape index (κ2) is 16.3. The van der Waals surface area contributed by atoms with Crippen LogP contribution in [-0.2, 0) is 0 Å². The molecule has 30 heavy (non-hydrogen) atoms. The van der Waals surface area contributed by atoms with E-state index in [4.69, 9.17) is 0 Å². The van der Waals surface area contributed by atoms with Crippen molar-refractivity contribution in [2.45, 2.75) is 106 Å². The van der Waals surface area contributed by atoms with Crippen LogP contribution in [0.1, 0.15) is 100 Å². The molecule has 0 nitrogen and oxygen atoms in total. The highest BCUT2D eigenvalue weighted by molar-refractivity contribution is 14.0. The predicted molar refractivity (Wildman–Crippen MR) is 146 cm³/mol. The van der Waals surface area contributed by atoms with Crippen LogP contribution in [0.15, 0.2) is 48.1 Å². The Morgan fingerprint density at radius 2 is 1.73 bits per heavy atom. The lowest BCUT2D eigenvalue weighted by atomic mass is 9.69. The van der Waals surface area contributed by atoms with Crippen molar-refractivity contribution in [2.75, 3.05) is 0 Å². The molecule has 175 valence electrons. The van der Waals surface area contributed by atoms with Crippen LogP contribution in [0.5, 0.6) is 0 Å². The molecule has 0 amide bonds. The zero-order valence-electron chi connectivity index (χ0n) is 21.1. The summed E-state index contributed by atoms with van der Waals surface area (Å²) in [5.74, 6) is 1.58. The first-order chi connectivity index (χ1) is 13.6. The third-order valence-corrected chi connectivity index (χ3v) is 5.64. The average molecular weight is 532 g/mol. The quantitative estimate of drug-likeness (QED) is 0.166. The van der Waals surface area contributed by atoms with Crippen molar-refractivity contribution < 1.29 is 4.39 Å². The molecule has 1 radical (unpaired) electrons. The first-order valence-corrected chi connectivity index (χ1v) is 11.8. The molecule has 0 aromatic carbocycles. The molecular weight excluding hydrogens is 482 g/mol. The van der Waals surface area contributed by atoms with Gasteiger partial charge < -0.3 is 0 Å². The van der Waals surface area contributed by atoms with Crippen LogP contribution in [0.4, 0.5) is 4.39 Å². The van der Waals surface area contributed by atoms with E-state index in [0.29, 0.717) is 12.3 Å². The summed E-state index contributed by atoms with van der Waals surface area (Å²) >= 11 is 0. The predicted octanol–water partition coefficient (Wildman–Crippen LogP) is 10.2. The molecule has 2 heteroatoms. The number of allylic oxidation sites excluding steroid dienone is 7. The second-order valence-corrected chi connectivity index (χ2v) is 9.49. The van der Waals surface area contributed by atoms with E-state index in [9.17, 15) is 4.39 Å². The largest absolute Gasteiger partial charge is 0.245 e. The summed E-state index contributed by atoms with van der Waals surface area (Å²) in [6.45, 7) is 20.5. The van der Waals surface area contributed by atoms with E-state index in [2.05, 4.69) is 71.1 Å². The number of hydrogen-bond donors (Lipinski definition) is 0. The normalized spacial score (nSPS) is 20.9. The molecule has 2 aliphatic rings. The van der Waals surface area contributed by atoms with Gasteiger partial charge in [0.2, 0.25) is 0 Å². The lowest BCUT2D eigenvalue weighted by molar-refractivity contribution is 0.194. The summed E-state index contributed by atoms with van der Waals surface area (Å²) in [5, 5.41) is 0. The van der Waals surface area contributed by atoms with Crippen LogP contribution in [0.2, 0.25) is 0 Å². The molecule has 0 N–H and O–H groups in total. The van der Waals surface area contributed by atoms with Crippen molar-refractivity contribution in [2.24, 2.45) is 17.3 Å². The van der Waals surface area contributed by atoms with Crippen LogP contribution in [0.25, 0.3) is 0 Å². The van der Waals surface area contributed by atoms with E-state index in [1.54, 1.807) is 13.8 Å². The number of hydrogen-bond acceptors (Lipinski definition) is 0. The Kier molecular flexibility index (Phi) is 17.3. The van der Waals surface area contributed by atoms with Gasteiger partial charge in [0.05, 0.1) is 0 Å². The molecule has 0 saturated heterocycles. The van der Waals surface area contributed by atoms with Crippen molar-refractivity contribution in [3.8, 4) is 0 Å². The van der Waals surface area contributed by atoms with Crippen LogP contribution >= 0.6 is 24.0 Å². The summed E-state index contributed by atoms with van der Waals surface area (Å²) in [4.78, 5) is 0. The topological polar surface area (TPSA) is 0 Å². The molecule has 2 aliphatic carbocycles. The zero-order chi connectivity index (χ0) is 22.5. The lowest BCUT2D eigenvalue weighted by Gasteiger charge is -2.34. The smallest absolute Gasteiger partial charge is 0.105 e. The molecule has 0 aromatic rings. The van der Waals surface area contributed by atoms with Gasteiger partial charge >= 0.3 is 0 Å². The zero-order valence-corrected chi connectivity index (χ0v) is 23.4. The van der Waals surface area contributed by atoms with Crippen molar-refractivity contribution in [3.05, 3.63) is 54.5 Å². The van der Waals surface area contributed by atoms with Gasteiger partial charge in [0, 0.05) is 5.41 Å². The van der Waals surface area contributed by atoms with E-state index in [0.717, 1.165) is 25.2 Å². The molecule has 2 rings (SSSR count). The highest BCUT2D eigenvalue weighted by Gasteiger charge is 2.31. The third-order valence-electron chi connectivity index (χ3n) is 5.64. The SMILES string of the molecule is C=C(/C(C)=C/C(C)C)C1(CCCCC(C)(C)F)[CH]C=CC=C1.CC.CC1CCC1.I. The minimum absolute atomic E-state index is 0. The number of rotatable bonds is 8. The molecule has 0 bridgehead atoms. The van der Waals surface area contributed by atoms with Crippen molar-refractivity contribution in [1.29, 1.82) is 0 Å². The van der Waals surface area contributed by atoms with Crippen LogP contribution in [0, 0.1) is 23.7 Å². The molecular formula is C28H49FI. The Hall–Kier alpha value is -0.380. The third kappa shape index (κ3) is 13.1. The van der Waals surface area contributed by atoms with Gasteiger partial charge in [-0.25, -0.2) is 4.39 Å². The Morgan fingerprint density at radius 3 is 2.10 bits per heavy atom. The van der Waals surface area contributed by atoms with Crippen LogP contribution in [0.3, 0.4) is 0 Å². The Morgan fingerprint density at radius 1 is 1.17 bits per heavy atom. The monoisotopic (exact) mass is 531 g/mol. The van der Waals surface area contributed by atoms with Gasteiger partial charge in [0.1, 0.15) is 5.67 Å². The standard InChI is InChI=1S/C21H32F.C5H10.C2H6.HI/c1-17(2)16-18(3)19(4)21(13-8-7-9-14-21)15-11-10-12-20(5,6)22;1-5-3-2-4-5;1-2;/h7-9,13-14,16-17H,4,10-12,15H2,1-3,5-6H3;5H,2-4H2,1H3;1-2H3;1H/b18-16+;;;. The Bertz CT molecular complexity index is 543. The number of unbranched alkanes of at least 4 members (excludes halogenated alkanes) is 1. The van der Waals surface area contributed by atoms with Crippen molar-refractivity contribution >= 4 is 24.0 Å². The van der Waals surface area contributed by atoms with Gasteiger partial charge in [-0.3, -0.25) is 0 Å². The minimum Gasteiger partial charge on any atom is -0.245 e. The fraction of sp³-hybridized carbons (Fsp3) is 0.679. The average Bonchev–Trinajstić information content (AvgIpc) is 2.64. The summed E-state index contributed by atoms with van der Waals surface area (Å²) in [7, 11) is 0. The highest BCUT2D eigenvalue weighted by atomic mass is 127. The summed E-state index contributed by atoms with van der Waals surface area (Å²) < 4.78 is 13.6. The summed E-state index contributed by atoms with van der Waals surface area (Å²) in [6, 6.07) is 0. The van der Waals surface area contributed by atoms with E-state index in [-0.39, 0.29) is 29.4 Å². The lowest BCUT2D eigenvalue weighted by Crippen LogP contribution is -2.23. The van der Waals surface area contributed by atoms with Crippen LogP contribution in [-0.4, -0.2) is 5.67 Å². The van der Waals surface area contributed by atoms with Gasteiger partial charge in [0.25, 0.3) is 0 Å². The van der Waals surface area contributed by atoms with Gasteiger partial charge in [-0.05, 0) is 57.4 Å². The number of halogens is 2. The van der Waals surface area contributed by atoms with Gasteiger partial charge in [-0.15, -0.1) is 24.0 Å². The Labute approximate surface area is 205 Å². The Balaban J connectivity index is 0. The molecule has 0 aromatic heterocycles. The fourth-order valence-electron chi connectivity index (χ4n) is 3.64. The van der Waals surface area contributed by atoms with Crippen molar-refractivity contribution in [3.63, 3.8) is 0 Å². The first kappa shape index (κ1) is 31.8. The minimum atomic E-state index is -1.07. The second-order valence-electron chi connectivity index (χ2n) is 9.49. The van der Waals surface area contributed by atoms with Crippen molar-refractivity contribution in [1.82, 2.24) is 0 Å². The first-order valence-electron chi connectivity index (χ1n) is 11.8. The van der Waals surface area contributed by atoms with E-state index in [1.165, 1.54) is 30.4 Å². The van der Waals surface area contributed by atoms with E-state index < -0.39 is 5.67 Å². The van der Waals surface area contributed by atoms with Crippen LogP contribution < -0.4 is 0 Å². The molecule has 1 atom stereocenters. The molecule has 1 saturated carbocycles. The molecule has 1 unspecified atom stereocenters. The molecule has 0 aliphatic heterocycles. The summed E-state index contributed by atoms with van der Waals surface area (Å²) in [6.07, 6.45) is 21.0. The highest BCUT2D eigenvalue weighted by Crippen LogP contribution is 2.43. The van der Waals surface area contributed by atoms with Gasteiger partial charge in [-0.2, -0.15) is 0 Å². The maximum Gasteiger partial charge on any atom is 0.105 e. The molecule has 0 heterocycles. The molecule has 1 fully saturated rings. The number of alkyl halides is 1. The molecule has 0 spiro atoms. The summed E-state index contributed by atoms with van der Waals surface area (Å²) in [5.41, 5.74) is 1.26.